The highest BCUT2D eigenvalue weighted by Gasteiger charge is 2.08. The van der Waals surface area contributed by atoms with Crippen molar-refractivity contribution in [3.63, 3.8) is 0 Å². The molecular weight excluding hydrogens is 222 g/mol. The number of hydrogen-bond donors (Lipinski definition) is 2. The highest BCUT2D eigenvalue weighted by Crippen LogP contribution is 2.12. The highest BCUT2D eigenvalue weighted by molar-refractivity contribution is 7.11. The first-order valence-corrected chi connectivity index (χ1v) is 6.37. The smallest absolute Gasteiger partial charge is 0.220 e. The second kappa shape index (κ2) is 6.60. The molecule has 0 spiro atoms. The number of nitrogens with zero attached hydrogens (tertiary/aromatic N) is 1. The van der Waals surface area contributed by atoms with E-state index < -0.39 is 0 Å². The number of nitrogens with one attached hydrogen (secondary N) is 1. The van der Waals surface area contributed by atoms with Gasteiger partial charge in [-0.3, -0.25) is 4.79 Å². The predicted molar refractivity (Wildman–Crippen MR) is 66.2 cm³/mol. The Balaban J connectivity index is 2.31. The summed E-state index contributed by atoms with van der Waals surface area (Å²) in [7, 11) is 0. The van der Waals surface area contributed by atoms with Gasteiger partial charge in [0.15, 0.2) is 0 Å². The van der Waals surface area contributed by atoms with Gasteiger partial charge in [-0.2, -0.15) is 0 Å². The molecule has 0 saturated carbocycles. The third-order valence-electron chi connectivity index (χ3n) is 2.32. The Morgan fingerprint density at radius 1 is 1.69 bits per heavy atom. The molecule has 0 radical (unpaired) electrons. The van der Waals surface area contributed by atoms with E-state index in [1.54, 1.807) is 11.3 Å². The van der Waals surface area contributed by atoms with Crippen molar-refractivity contribution in [2.24, 2.45) is 11.7 Å². The number of rotatable bonds is 6. The zero-order chi connectivity index (χ0) is 12.0. The minimum absolute atomic E-state index is 0.0474. The standard InChI is InChI=1S/C11H19N3OS/c1-3-9-6-14-11(16-9)7-13-10(15)4-8(2)5-12/h6,8H,3-5,7,12H2,1-2H3,(H,13,15). The van der Waals surface area contributed by atoms with Crippen LogP contribution in [0.2, 0.25) is 0 Å². The van der Waals surface area contributed by atoms with Gasteiger partial charge in [0, 0.05) is 17.5 Å². The van der Waals surface area contributed by atoms with Gasteiger partial charge >= 0.3 is 0 Å². The van der Waals surface area contributed by atoms with E-state index in [1.807, 2.05) is 13.1 Å². The molecule has 1 aromatic heterocycles. The maximum Gasteiger partial charge on any atom is 0.220 e. The van der Waals surface area contributed by atoms with Gasteiger partial charge in [0.25, 0.3) is 0 Å². The molecule has 0 aromatic carbocycles. The Hall–Kier alpha value is -0.940. The SMILES string of the molecule is CCc1cnc(CNC(=O)CC(C)CN)s1. The average molecular weight is 241 g/mol. The van der Waals surface area contributed by atoms with Crippen LogP contribution in [0.15, 0.2) is 6.20 Å². The van der Waals surface area contributed by atoms with Gasteiger partial charge in [0.1, 0.15) is 5.01 Å². The summed E-state index contributed by atoms with van der Waals surface area (Å²) in [6.07, 6.45) is 3.35. The number of carbonyl (C=O) groups is 1. The third-order valence-corrected chi connectivity index (χ3v) is 3.46. The van der Waals surface area contributed by atoms with Crippen molar-refractivity contribution in [3.8, 4) is 0 Å². The van der Waals surface area contributed by atoms with Crippen molar-refractivity contribution in [2.75, 3.05) is 6.54 Å². The van der Waals surface area contributed by atoms with E-state index in [-0.39, 0.29) is 11.8 Å². The Bertz CT molecular complexity index is 338. The molecule has 0 aliphatic heterocycles. The molecule has 1 unspecified atom stereocenters. The van der Waals surface area contributed by atoms with Crippen molar-refractivity contribution < 1.29 is 4.79 Å². The van der Waals surface area contributed by atoms with E-state index in [0.717, 1.165) is 11.4 Å². The minimum Gasteiger partial charge on any atom is -0.350 e. The normalized spacial score (nSPS) is 12.4. The first kappa shape index (κ1) is 13.1. The zero-order valence-electron chi connectivity index (χ0n) is 9.82. The maximum atomic E-state index is 11.5. The van der Waals surface area contributed by atoms with E-state index in [1.165, 1.54) is 4.88 Å². The van der Waals surface area contributed by atoms with Crippen LogP contribution in [0, 0.1) is 5.92 Å². The fraction of sp³-hybridized carbons (Fsp3) is 0.636. The summed E-state index contributed by atoms with van der Waals surface area (Å²) in [6, 6.07) is 0. The number of amides is 1. The molecule has 0 saturated heterocycles. The van der Waals surface area contributed by atoms with Crippen molar-refractivity contribution in [2.45, 2.75) is 33.2 Å². The minimum atomic E-state index is 0.0474. The molecule has 5 heteroatoms. The van der Waals surface area contributed by atoms with E-state index >= 15 is 0 Å². The van der Waals surface area contributed by atoms with Crippen LogP contribution < -0.4 is 11.1 Å². The molecule has 0 aliphatic rings. The van der Waals surface area contributed by atoms with Gasteiger partial charge < -0.3 is 11.1 Å². The number of aryl methyl sites for hydroxylation is 1. The van der Waals surface area contributed by atoms with E-state index in [4.69, 9.17) is 5.73 Å². The van der Waals surface area contributed by atoms with Crippen LogP contribution in [0.4, 0.5) is 0 Å². The van der Waals surface area contributed by atoms with E-state index in [9.17, 15) is 4.79 Å². The van der Waals surface area contributed by atoms with Crippen molar-refractivity contribution in [3.05, 3.63) is 16.1 Å². The van der Waals surface area contributed by atoms with Gasteiger partial charge in [-0.1, -0.05) is 13.8 Å². The monoisotopic (exact) mass is 241 g/mol. The molecule has 0 fully saturated rings. The van der Waals surface area contributed by atoms with Crippen molar-refractivity contribution in [1.82, 2.24) is 10.3 Å². The van der Waals surface area contributed by atoms with Crippen LogP contribution in [0.25, 0.3) is 0 Å². The summed E-state index contributed by atoms with van der Waals surface area (Å²) >= 11 is 1.65. The lowest BCUT2D eigenvalue weighted by Gasteiger charge is -2.07. The molecule has 1 amide bonds. The summed E-state index contributed by atoms with van der Waals surface area (Å²) in [6.45, 7) is 5.14. The largest absolute Gasteiger partial charge is 0.350 e. The lowest BCUT2D eigenvalue weighted by Crippen LogP contribution is -2.26. The van der Waals surface area contributed by atoms with Crippen LogP contribution in [0.5, 0.6) is 0 Å². The lowest BCUT2D eigenvalue weighted by atomic mass is 10.1. The second-order valence-electron chi connectivity index (χ2n) is 3.90. The predicted octanol–water partition coefficient (Wildman–Crippen LogP) is 1.31. The van der Waals surface area contributed by atoms with Crippen molar-refractivity contribution in [1.29, 1.82) is 0 Å². The molecule has 3 N–H and O–H groups in total. The molecule has 4 nitrogen and oxygen atoms in total. The van der Waals surface area contributed by atoms with Gasteiger partial charge in [-0.15, -0.1) is 11.3 Å². The van der Waals surface area contributed by atoms with E-state index in [2.05, 4.69) is 17.2 Å². The molecule has 1 rings (SSSR count). The first-order chi connectivity index (χ1) is 7.65. The molecule has 90 valence electrons. The fourth-order valence-electron chi connectivity index (χ4n) is 1.24. The zero-order valence-corrected chi connectivity index (χ0v) is 10.6. The summed E-state index contributed by atoms with van der Waals surface area (Å²) in [5.74, 6) is 0.286. The molecule has 1 heterocycles. The molecule has 16 heavy (non-hydrogen) atoms. The van der Waals surface area contributed by atoms with E-state index in [0.29, 0.717) is 19.5 Å². The van der Waals surface area contributed by atoms with Crippen LogP contribution in [0.1, 0.15) is 30.2 Å². The van der Waals surface area contributed by atoms with Gasteiger partial charge in [-0.25, -0.2) is 4.98 Å². The van der Waals surface area contributed by atoms with Crippen molar-refractivity contribution >= 4 is 17.2 Å². The number of thiazole rings is 1. The van der Waals surface area contributed by atoms with Crippen LogP contribution in [0.3, 0.4) is 0 Å². The quantitative estimate of drug-likeness (QED) is 0.789. The van der Waals surface area contributed by atoms with Gasteiger partial charge in [0.05, 0.1) is 6.54 Å². The summed E-state index contributed by atoms with van der Waals surface area (Å²) in [5, 5.41) is 3.82. The Kier molecular flexibility index (Phi) is 5.42. The second-order valence-corrected chi connectivity index (χ2v) is 5.10. The maximum absolute atomic E-state index is 11.5. The average Bonchev–Trinajstić information content (AvgIpc) is 2.74. The molecule has 0 aliphatic carbocycles. The van der Waals surface area contributed by atoms with Gasteiger partial charge in [-0.05, 0) is 18.9 Å². The number of hydrogen-bond acceptors (Lipinski definition) is 4. The van der Waals surface area contributed by atoms with Crippen LogP contribution >= 0.6 is 11.3 Å². The lowest BCUT2D eigenvalue weighted by molar-refractivity contribution is -0.122. The Morgan fingerprint density at radius 2 is 2.44 bits per heavy atom. The summed E-state index contributed by atoms with van der Waals surface area (Å²) in [4.78, 5) is 17.0. The Labute approximate surface area is 100 Å². The topological polar surface area (TPSA) is 68.0 Å². The first-order valence-electron chi connectivity index (χ1n) is 5.56. The third kappa shape index (κ3) is 4.28. The fourth-order valence-corrected chi connectivity index (χ4v) is 2.04. The molecule has 1 atom stereocenters. The highest BCUT2D eigenvalue weighted by atomic mass is 32.1. The summed E-state index contributed by atoms with van der Waals surface area (Å²) < 4.78 is 0. The van der Waals surface area contributed by atoms with Crippen LogP contribution in [-0.2, 0) is 17.8 Å². The molecule has 0 bridgehead atoms. The molecule has 1 aromatic rings. The number of nitrogens with two attached hydrogens (primary N) is 1. The number of aromatic nitrogens is 1. The molecular formula is C11H19N3OS. The van der Waals surface area contributed by atoms with Crippen LogP contribution in [-0.4, -0.2) is 17.4 Å². The van der Waals surface area contributed by atoms with Gasteiger partial charge in [0.2, 0.25) is 5.91 Å². The summed E-state index contributed by atoms with van der Waals surface area (Å²) in [5.41, 5.74) is 5.46. The number of carbonyl (C=O) groups excluding carboxylic acids is 1. The Morgan fingerprint density at radius 3 is 3.00 bits per heavy atom.